The molecule has 0 aliphatic rings. The summed E-state index contributed by atoms with van der Waals surface area (Å²) in [5.74, 6) is -1.14. The number of para-hydroxylation sites is 1. The van der Waals surface area contributed by atoms with Crippen LogP contribution in [-0.2, 0) is 14.3 Å². The molecule has 0 aliphatic carbocycles. The molecule has 0 aliphatic heterocycles. The Bertz CT molecular complexity index is 1110. The zero-order valence-electron chi connectivity index (χ0n) is 21.7. The first-order valence-corrected chi connectivity index (χ1v) is 11.8. The molecule has 2 rings (SSSR count). The van der Waals surface area contributed by atoms with E-state index in [2.05, 4.69) is 16.7 Å². The minimum atomic E-state index is -1.22. The van der Waals surface area contributed by atoms with Crippen LogP contribution in [0.15, 0.2) is 48.5 Å². The molecule has 0 saturated carbocycles. The van der Waals surface area contributed by atoms with Gasteiger partial charge in [-0.3, -0.25) is 14.5 Å². The average Bonchev–Trinajstić information content (AvgIpc) is 2.77. The van der Waals surface area contributed by atoms with Crippen molar-refractivity contribution in [1.82, 2.24) is 10.2 Å². The van der Waals surface area contributed by atoms with Crippen LogP contribution >= 0.6 is 0 Å². The van der Waals surface area contributed by atoms with E-state index in [-0.39, 0.29) is 18.1 Å². The third kappa shape index (κ3) is 8.05. The molecule has 3 amide bonds. The van der Waals surface area contributed by atoms with E-state index in [4.69, 9.17) is 11.2 Å². The summed E-state index contributed by atoms with van der Waals surface area (Å²) in [6.45, 7) is 10.8. The van der Waals surface area contributed by atoms with Crippen LogP contribution in [-0.4, -0.2) is 39.6 Å². The Hall–Kier alpha value is -3.99. The Labute approximate surface area is 213 Å². The van der Waals surface area contributed by atoms with Gasteiger partial charge in [-0.1, -0.05) is 50.6 Å². The highest BCUT2D eigenvalue weighted by Crippen LogP contribution is 2.27. The van der Waals surface area contributed by atoms with Gasteiger partial charge in [0.25, 0.3) is 11.8 Å². The van der Waals surface area contributed by atoms with Crippen molar-refractivity contribution in [2.45, 2.75) is 65.6 Å². The van der Waals surface area contributed by atoms with E-state index in [1.165, 1.54) is 24.3 Å². The third-order valence-corrected chi connectivity index (χ3v) is 5.19. The van der Waals surface area contributed by atoms with Crippen molar-refractivity contribution in [2.24, 2.45) is 5.92 Å². The molecule has 0 heterocycles. The number of carbonyl (C=O) groups is 3. The van der Waals surface area contributed by atoms with Crippen LogP contribution in [0.5, 0.6) is 5.75 Å². The number of nitrogens with one attached hydrogen (secondary N) is 2. The van der Waals surface area contributed by atoms with Crippen molar-refractivity contribution in [2.75, 3.05) is 5.32 Å². The van der Waals surface area contributed by atoms with Crippen LogP contribution in [0.25, 0.3) is 0 Å². The van der Waals surface area contributed by atoms with Crippen molar-refractivity contribution in [3.8, 4) is 18.2 Å². The summed E-state index contributed by atoms with van der Waals surface area (Å²) in [5.41, 5.74) is 1.04. The highest BCUT2D eigenvalue weighted by Gasteiger charge is 2.36. The fourth-order valence-electron chi connectivity index (χ4n) is 3.56. The molecule has 0 bridgehead atoms. The van der Waals surface area contributed by atoms with Crippen LogP contribution < -0.4 is 10.6 Å². The molecule has 0 saturated heterocycles. The van der Waals surface area contributed by atoms with Crippen molar-refractivity contribution in [3.63, 3.8) is 0 Å². The zero-order valence-corrected chi connectivity index (χ0v) is 21.7. The first-order valence-electron chi connectivity index (χ1n) is 11.8. The topological polar surface area (TPSA) is 108 Å². The molecule has 36 heavy (non-hydrogen) atoms. The zero-order chi connectivity index (χ0) is 27.0. The number of nitrogens with zero attached hydrogens (tertiary/aromatic N) is 1. The average molecular weight is 494 g/mol. The number of hydrogen-bond acceptors (Lipinski definition) is 5. The normalized spacial score (nSPS) is 12.7. The summed E-state index contributed by atoms with van der Waals surface area (Å²) < 4.78 is 5.33. The second-order valence-corrected chi connectivity index (χ2v) is 9.96. The van der Waals surface area contributed by atoms with E-state index in [0.717, 1.165) is 10.5 Å². The maximum atomic E-state index is 13.7. The van der Waals surface area contributed by atoms with E-state index < -0.39 is 35.6 Å². The smallest absolute Gasteiger partial charge is 0.408 e. The van der Waals surface area contributed by atoms with Crippen molar-refractivity contribution in [3.05, 3.63) is 59.7 Å². The van der Waals surface area contributed by atoms with Crippen LogP contribution in [0.4, 0.5) is 10.5 Å². The van der Waals surface area contributed by atoms with E-state index >= 15 is 0 Å². The predicted octanol–water partition coefficient (Wildman–Crippen LogP) is 4.74. The number of amides is 3. The molecule has 2 aromatic rings. The summed E-state index contributed by atoms with van der Waals surface area (Å²) in [5, 5.41) is 15.2. The predicted molar refractivity (Wildman–Crippen MR) is 139 cm³/mol. The largest absolute Gasteiger partial charge is 0.508 e. The van der Waals surface area contributed by atoms with Gasteiger partial charge in [0.2, 0.25) is 0 Å². The fraction of sp³-hybridized carbons (Fsp3) is 0.393. The molecule has 2 aromatic carbocycles. The summed E-state index contributed by atoms with van der Waals surface area (Å²) >= 11 is 0. The van der Waals surface area contributed by atoms with Crippen LogP contribution in [0, 0.1) is 25.3 Å². The molecule has 8 heteroatoms. The standard InChI is InChI=1S/C28H35N3O5/c1-8-31(26(34)23(17-18(2)3)30-27(35)36-28(5,6)7)24(20-13-15-21(32)16-14-20)25(33)29-22-12-10-9-11-19(22)4/h1,9-16,18,23-24,32H,17H2,2-7H3,(H,29,33)(H,30,35). The monoisotopic (exact) mass is 493 g/mol. The maximum absolute atomic E-state index is 13.7. The first kappa shape index (κ1) is 28.2. The Morgan fingerprint density at radius 3 is 2.22 bits per heavy atom. The van der Waals surface area contributed by atoms with Gasteiger partial charge in [0.15, 0.2) is 0 Å². The lowest BCUT2D eigenvalue weighted by molar-refractivity contribution is -0.137. The highest BCUT2D eigenvalue weighted by atomic mass is 16.6. The van der Waals surface area contributed by atoms with Gasteiger partial charge in [-0.05, 0) is 69.4 Å². The third-order valence-electron chi connectivity index (χ3n) is 5.19. The number of aryl methyl sites for hydroxylation is 1. The van der Waals surface area contributed by atoms with Gasteiger partial charge in [0, 0.05) is 11.7 Å². The molecular weight excluding hydrogens is 458 g/mol. The molecule has 8 nitrogen and oxygen atoms in total. The maximum Gasteiger partial charge on any atom is 0.408 e. The Morgan fingerprint density at radius 2 is 1.69 bits per heavy atom. The van der Waals surface area contributed by atoms with Gasteiger partial charge in [-0.25, -0.2) is 4.79 Å². The van der Waals surface area contributed by atoms with E-state index in [1.54, 1.807) is 32.9 Å². The van der Waals surface area contributed by atoms with Gasteiger partial charge >= 0.3 is 6.09 Å². The molecule has 3 N–H and O–H groups in total. The number of carbonyl (C=O) groups excluding carboxylic acids is 3. The molecule has 192 valence electrons. The number of phenols is 1. The van der Waals surface area contributed by atoms with E-state index in [0.29, 0.717) is 11.3 Å². The number of ether oxygens (including phenoxy) is 1. The van der Waals surface area contributed by atoms with Gasteiger partial charge in [0.1, 0.15) is 23.4 Å². The summed E-state index contributed by atoms with van der Waals surface area (Å²) in [6.07, 6.45) is 5.30. The lowest BCUT2D eigenvalue weighted by atomic mass is 9.99. The van der Waals surface area contributed by atoms with Crippen molar-refractivity contribution < 1.29 is 24.2 Å². The quantitative estimate of drug-likeness (QED) is 0.364. The SMILES string of the molecule is C#CN(C(=O)C(CC(C)C)NC(=O)OC(C)(C)C)C(C(=O)Nc1ccccc1C)c1ccc(O)cc1. The number of rotatable bonds is 8. The molecule has 0 radical (unpaired) electrons. The number of hydrogen-bond donors (Lipinski definition) is 3. The summed E-state index contributed by atoms with van der Waals surface area (Å²) in [4.78, 5) is 40.7. The van der Waals surface area contributed by atoms with Gasteiger partial charge in [0.05, 0.1) is 0 Å². The fourth-order valence-corrected chi connectivity index (χ4v) is 3.56. The number of terminal acetylenes is 1. The van der Waals surface area contributed by atoms with Crippen molar-refractivity contribution in [1.29, 1.82) is 0 Å². The highest BCUT2D eigenvalue weighted by molar-refractivity contribution is 6.00. The molecule has 0 fully saturated rings. The van der Waals surface area contributed by atoms with Gasteiger partial charge < -0.3 is 20.5 Å². The lowest BCUT2D eigenvalue weighted by Crippen LogP contribution is -2.51. The van der Waals surface area contributed by atoms with Gasteiger partial charge in [-0.15, -0.1) is 0 Å². The van der Waals surface area contributed by atoms with E-state index in [1.807, 2.05) is 32.9 Å². The minimum absolute atomic E-state index is 0.000303. The van der Waals surface area contributed by atoms with Crippen LogP contribution in [0.2, 0.25) is 0 Å². The number of benzene rings is 2. The number of alkyl carbamates (subject to hydrolysis) is 1. The molecule has 2 unspecified atom stereocenters. The number of anilines is 1. The minimum Gasteiger partial charge on any atom is -0.508 e. The molecular formula is C28H35N3O5. The second kappa shape index (κ2) is 12.1. The van der Waals surface area contributed by atoms with Gasteiger partial charge in [-0.2, -0.15) is 0 Å². The molecule has 0 spiro atoms. The second-order valence-electron chi connectivity index (χ2n) is 9.96. The summed E-state index contributed by atoms with van der Waals surface area (Å²) in [6, 6.07) is 13.2. The van der Waals surface area contributed by atoms with E-state index in [9.17, 15) is 19.5 Å². The van der Waals surface area contributed by atoms with Crippen molar-refractivity contribution >= 4 is 23.6 Å². The molecule has 2 atom stereocenters. The van der Waals surface area contributed by atoms with Crippen LogP contribution in [0.1, 0.15) is 58.2 Å². The van der Waals surface area contributed by atoms with Crippen LogP contribution in [0.3, 0.4) is 0 Å². The Balaban J connectivity index is 2.46. The Morgan fingerprint density at radius 1 is 1.08 bits per heavy atom. The summed E-state index contributed by atoms with van der Waals surface area (Å²) in [7, 11) is 0. The molecule has 0 aromatic heterocycles. The lowest BCUT2D eigenvalue weighted by Gasteiger charge is -2.31. The Kier molecular flexibility index (Phi) is 9.51. The number of aromatic hydroxyl groups is 1. The number of phenolic OH excluding ortho intramolecular Hbond substituents is 1. The first-order chi connectivity index (χ1) is 16.8.